The van der Waals surface area contributed by atoms with Gasteiger partial charge in [-0.05, 0) is 99.1 Å². The average molecular weight is 832 g/mol. The Bertz CT molecular complexity index is 3670. The van der Waals surface area contributed by atoms with Crippen molar-refractivity contribution in [3.8, 4) is 67.8 Å². The number of hydrogen-bond donors (Lipinski definition) is 0. The second-order valence-corrected chi connectivity index (χ2v) is 17.7. The zero-order chi connectivity index (χ0) is 43.2. The molecule has 12 aromatic rings. The fourth-order valence-electron chi connectivity index (χ4n) is 10.4. The molecule has 1 aliphatic rings. The lowest BCUT2D eigenvalue weighted by molar-refractivity contribution is 0.661. The average Bonchev–Trinajstić information content (AvgIpc) is 3.95. The van der Waals surface area contributed by atoms with Crippen LogP contribution in [0.4, 0.5) is 0 Å². The number of hydrogen-bond acceptors (Lipinski definition) is 3. The molecule has 0 aliphatic heterocycles. The minimum absolute atomic E-state index is 0.198. The zero-order valence-electron chi connectivity index (χ0n) is 35.9. The maximum absolute atomic E-state index is 5.30. The van der Waals surface area contributed by atoms with E-state index in [1.807, 2.05) is 36.4 Å². The summed E-state index contributed by atoms with van der Waals surface area (Å²) in [6.07, 6.45) is 0. The number of aromatic nitrogens is 5. The second-order valence-electron chi connectivity index (χ2n) is 17.7. The molecule has 5 nitrogen and oxygen atoms in total. The van der Waals surface area contributed by atoms with Gasteiger partial charge in [0.25, 0.3) is 0 Å². The topological polar surface area (TPSA) is 48.5 Å². The van der Waals surface area contributed by atoms with Crippen LogP contribution in [0.15, 0.2) is 212 Å². The Hall–Kier alpha value is -8.41. The smallest absolute Gasteiger partial charge is 0.238 e. The predicted octanol–water partition coefficient (Wildman–Crippen LogP) is 15.0. The van der Waals surface area contributed by atoms with Gasteiger partial charge in [0, 0.05) is 43.8 Å². The van der Waals surface area contributed by atoms with Crippen LogP contribution in [-0.2, 0) is 5.41 Å². The summed E-state index contributed by atoms with van der Waals surface area (Å²) in [6, 6.07) is 76.2. The molecule has 0 atom stereocenters. The van der Waals surface area contributed by atoms with Crippen LogP contribution >= 0.6 is 0 Å². The van der Waals surface area contributed by atoms with Gasteiger partial charge >= 0.3 is 0 Å². The van der Waals surface area contributed by atoms with E-state index in [0.29, 0.717) is 17.6 Å². The molecule has 65 heavy (non-hydrogen) atoms. The van der Waals surface area contributed by atoms with Crippen molar-refractivity contribution in [1.29, 1.82) is 0 Å². The monoisotopic (exact) mass is 831 g/mol. The summed E-state index contributed by atoms with van der Waals surface area (Å²) in [5.41, 5.74) is 17.1. The van der Waals surface area contributed by atoms with Gasteiger partial charge in [0.05, 0.1) is 22.1 Å². The first-order chi connectivity index (χ1) is 32.0. The number of fused-ring (bicyclic) bond motifs is 9. The summed E-state index contributed by atoms with van der Waals surface area (Å²) >= 11 is 0. The molecule has 0 spiro atoms. The van der Waals surface area contributed by atoms with Crippen LogP contribution in [0.1, 0.15) is 25.0 Å². The van der Waals surface area contributed by atoms with Gasteiger partial charge in [0.1, 0.15) is 0 Å². The van der Waals surface area contributed by atoms with E-state index in [1.54, 1.807) is 0 Å². The van der Waals surface area contributed by atoms with Crippen LogP contribution in [0.2, 0.25) is 0 Å². The summed E-state index contributed by atoms with van der Waals surface area (Å²) in [7, 11) is 0. The van der Waals surface area contributed by atoms with Gasteiger partial charge in [-0.25, -0.2) is 4.98 Å². The largest absolute Gasteiger partial charge is 0.309 e. The third-order valence-electron chi connectivity index (χ3n) is 13.6. The molecule has 0 radical (unpaired) electrons. The van der Waals surface area contributed by atoms with Crippen molar-refractivity contribution >= 4 is 43.6 Å². The quantitative estimate of drug-likeness (QED) is 0.168. The van der Waals surface area contributed by atoms with Crippen molar-refractivity contribution in [2.75, 3.05) is 0 Å². The third kappa shape index (κ3) is 5.82. The van der Waals surface area contributed by atoms with E-state index in [0.717, 1.165) is 49.7 Å². The number of nitrogens with zero attached hydrogens (tertiary/aromatic N) is 5. The van der Waals surface area contributed by atoms with E-state index < -0.39 is 0 Å². The lowest BCUT2D eigenvalue weighted by Crippen LogP contribution is -2.15. The highest BCUT2D eigenvalue weighted by molar-refractivity contribution is 6.14. The van der Waals surface area contributed by atoms with Crippen molar-refractivity contribution < 1.29 is 0 Å². The van der Waals surface area contributed by atoms with Gasteiger partial charge in [-0.2, -0.15) is 9.97 Å². The number of benzene rings is 9. The molecular formula is C60H41N5. The van der Waals surface area contributed by atoms with Crippen LogP contribution in [0.25, 0.3) is 111 Å². The summed E-state index contributed by atoms with van der Waals surface area (Å²) < 4.78 is 4.70. The summed E-state index contributed by atoms with van der Waals surface area (Å²) in [5.74, 6) is 1.84. The van der Waals surface area contributed by atoms with Crippen molar-refractivity contribution in [2.45, 2.75) is 19.3 Å². The summed E-state index contributed by atoms with van der Waals surface area (Å²) in [6.45, 7) is 4.68. The predicted molar refractivity (Wildman–Crippen MR) is 268 cm³/mol. The van der Waals surface area contributed by atoms with Crippen LogP contribution in [-0.4, -0.2) is 24.1 Å². The Balaban J connectivity index is 1.10. The fraction of sp³-hybridized carbons (Fsp3) is 0.0500. The summed E-state index contributed by atoms with van der Waals surface area (Å²) in [4.78, 5) is 15.7. The zero-order valence-corrected chi connectivity index (χ0v) is 35.9. The molecule has 13 rings (SSSR count). The first kappa shape index (κ1) is 37.2. The minimum atomic E-state index is -0.198. The third-order valence-corrected chi connectivity index (χ3v) is 13.6. The Morgan fingerprint density at radius 1 is 0.323 bits per heavy atom. The van der Waals surface area contributed by atoms with Crippen molar-refractivity contribution in [3.05, 3.63) is 223 Å². The van der Waals surface area contributed by atoms with Gasteiger partial charge < -0.3 is 4.57 Å². The van der Waals surface area contributed by atoms with E-state index in [2.05, 4.69) is 199 Å². The van der Waals surface area contributed by atoms with Gasteiger partial charge in [0.15, 0.2) is 11.6 Å². The Morgan fingerprint density at radius 3 is 1.35 bits per heavy atom. The molecule has 0 unspecified atom stereocenters. The molecule has 9 aromatic carbocycles. The first-order valence-corrected chi connectivity index (χ1v) is 22.3. The van der Waals surface area contributed by atoms with Crippen LogP contribution < -0.4 is 0 Å². The molecule has 5 heteroatoms. The Kier molecular flexibility index (Phi) is 8.18. The molecule has 0 bridgehead atoms. The fourth-order valence-corrected chi connectivity index (χ4v) is 10.4. The highest BCUT2D eigenvalue weighted by atomic mass is 15.2. The lowest BCUT2D eigenvalue weighted by Gasteiger charge is -2.21. The minimum Gasteiger partial charge on any atom is -0.309 e. The standard InChI is InChI=1S/C60H41N5/c1-60(2)51-26-16-15-25-45(51)46-36-50-49-35-44(64-53-30-27-42(38-17-7-3-8-18-38)33-47(53)48-34-43(28-31-54(48)64)39-19-9-4-10-20-39)29-32-55(49)65(56(50)37-52(46)60)59-62-57(40-21-11-5-12-22-40)61-58(63-59)41-23-13-6-14-24-41/h3-37H,1-2H3. The van der Waals surface area contributed by atoms with E-state index in [1.165, 1.54) is 55.3 Å². The van der Waals surface area contributed by atoms with E-state index in [9.17, 15) is 0 Å². The number of rotatable bonds is 6. The molecule has 0 N–H and O–H groups in total. The molecule has 0 fully saturated rings. The Morgan fingerprint density at radius 2 is 0.785 bits per heavy atom. The summed E-state index contributed by atoms with van der Waals surface area (Å²) in [5, 5.41) is 4.70. The van der Waals surface area contributed by atoms with Gasteiger partial charge in [-0.15, -0.1) is 0 Å². The molecule has 3 heterocycles. The van der Waals surface area contributed by atoms with Crippen molar-refractivity contribution in [3.63, 3.8) is 0 Å². The highest BCUT2D eigenvalue weighted by Gasteiger charge is 2.36. The molecule has 0 saturated carbocycles. The van der Waals surface area contributed by atoms with E-state index in [4.69, 9.17) is 15.0 Å². The molecule has 3 aromatic heterocycles. The maximum atomic E-state index is 5.30. The van der Waals surface area contributed by atoms with Crippen molar-refractivity contribution in [1.82, 2.24) is 24.1 Å². The van der Waals surface area contributed by atoms with Crippen molar-refractivity contribution in [2.24, 2.45) is 0 Å². The first-order valence-electron chi connectivity index (χ1n) is 22.3. The molecule has 1 aliphatic carbocycles. The van der Waals surface area contributed by atoms with E-state index >= 15 is 0 Å². The molecular weight excluding hydrogens is 791 g/mol. The van der Waals surface area contributed by atoms with Gasteiger partial charge in [-0.1, -0.05) is 172 Å². The second kappa shape index (κ2) is 14.3. The van der Waals surface area contributed by atoms with Gasteiger partial charge in [0.2, 0.25) is 5.95 Å². The molecule has 0 amide bonds. The molecule has 306 valence electrons. The van der Waals surface area contributed by atoms with Crippen LogP contribution in [0.5, 0.6) is 0 Å². The van der Waals surface area contributed by atoms with Crippen LogP contribution in [0, 0.1) is 0 Å². The molecule has 0 saturated heterocycles. The van der Waals surface area contributed by atoms with Gasteiger partial charge in [-0.3, -0.25) is 4.57 Å². The lowest BCUT2D eigenvalue weighted by atomic mass is 9.82. The van der Waals surface area contributed by atoms with E-state index in [-0.39, 0.29) is 5.41 Å². The normalized spacial score (nSPS) is 12.9. The SMILES string of the molecule is CC1(C)c2ccccc2-c2cc3c4cc(-n5c6ccc(-c7ccccc7)cc6c6cc(-c7ccccc7)ccc65)ccc4n(-c4nc(-c5ccccc5)nc(-c5ccccc5)n4)c3cc21. The highest BCUT2D eigenvalue weighted by Crippen LogP contribution is 2.51. The van der Waals surface area contributed by atoms with Crippen LogP contribution in [0.3, 0.4) is 0 Å². The Labute approximate surface area is 376 Å². The maximum Gasteiger partial charge on any atom is 0.238 e.